The molecular formula is C31H32O5. The fourth-order valence-electron chi connectivity index (χ4n) is 4.19. The molecule has 0 aliphatic carbocycles. The van der Waals surface area contributed by atoms with Gasteiger partial charge in [0.1, 0.15) is 11.7 Å². The van der Waals surface area contributed by atoms with E-state index in [2.05, 4.69) is 36.4 Å². The Kier molecular flexibility index (Phi) is 9.39. The lowest BCUT2D eigenvalue weighted by molar-refractivity contribution is -0.165. The van der Waals surface area contributed by atoms with Crippen molar-refractivity contribution in [3.8, 4) is 0 Å². The van der Waals surface area contributed by atoms with Crippen molar-refractivity contribution in [2.75, 3.05) is 19.8 Å². The predicted molar refractivity (Wildman–Crippen MR) is 139 cm³/mol. The van der Waals surface area contributed by atoms with Crippen LogP contribution in [0.4, 0.5) is 0 Å². The number of ether oxygens (including phenoxy) is 3. The van der Waals surface area contributed by atoms with Crippen molar-refractivity contribution in [1.82, 2.24) is 0 Å². The zero-order valence-electron chi connectivity index (χ0n) is 20.1. The second-order valence-electron chi connectivity index (χ2n) is 8.48. The minimum atomic E-state index is -1.28. The van der Waals surface area contributed by atoms with E-state index >= 15 is 0 Å². The topological polar surface area (TPSA) is 68.2 Å². The van der Waals surface area contributed by atoms with Gasteiger partial charge in [-0.3, -0.25) is 0 Å². The Morgan fingerprint density at radius 3 is 1.47 bits per heavy atom. The van der Waals surface area contributed by atoms with E-state index in [0.717, 1.165) is 22.3 Å². The molecule has 0 saturated heterocycles. The maximum absolute atomic E-state index is 9.79. The summed E-state index contributed by atoms with van der Waals surface area (Å²) >= 11 is 0. The van der Waals surface area contributed by atoms with E-state index in [1.807, 2.05) is 84.9 Å². The van der Waals surface area contributed by atoms with Gasteiger partial charge < -0.3 is 24.4 Å². The van der Waals surface area contributed by atoms with Crippen molar-refractivity contribution in [2.45, 2.75) is 24.6 Å². The molecule has 5 nitrogen and oxygen atoms in total. The Balaban J connectivity index is 1.67. The molecule has 4 aromatic carbocycles. The molecule has 0 spiro atoms. The highest BCUT2D eigenvalue weighted by molar-refractivity contribution is 5.47. The molecule has 0 amide bonds. The zero-order valence-corrected chi connectivity index (χ0v) is 20.1. The van der Waals surface area contributed by atoms with E-state index in [1.165, 1.54) is 0 Å². The standard InChI is InChI=1S/C31H32O5/c32-21-30(33)35-23-29(34-22-25-13-5-1-6-14-25)24-36-31(26-15-7-2-8-16-26,27-17-9-3-10-18-27)28-19-11-4-12-20-28/h1-20,29-30,32-33H,21-24H2. The lowest BCUT2D eigenvalue weighted by Crippen LogP contribution is -2.38. The van der Waals surface area contributed by atoms with E-state index in [1.54, 1.807) is 0 Å². The van der Waals surface area contributed by atoms with Crippen LogP contribution in [0.3, 0.4) is 0 Å². The van der Waals surface area contributed by atoms with Crippen molar-refractivity contribution in [3.05, 3.63) is 144 Å². The average Bonchev–Trinajstić information content (AvgIpc) is 2.96. The van der Waals surface area contributed by atoms with Crippen LogP contribution < -0.4 is 0 Å². The van der Waals surface area contributed by atoms with Crippen molar-refractivity contribution >= 4 is 0 Å². The highest BCUT2D eigenvalue weighted by Gasteiger charge is 2.38. The van der Waals surface area contributed by atoms with Crippen LogP contribution in [-0.4, -0.2) is 42.4 Å². The van der Waals surface area contributed by atoms with Crippen molar-refractivity contribution in [1.29, 1.82) is 0 Å². The Morgan fingerprint density at radius 1 is 0.583 bits per heavy atom. The van der Waals surface area contributed by atoms with Crippen LogP contribution in [0.2, 0.25) is 0 Å². The Bertz CT molecular complexity index is 1040. The monoisotopic (exact) mass is 484 g/mol. The molecule has 0 saturated carbocycles. The van der Waals surface area contributed by atoms with E-state index in [4.69, 9.17) is 14.2 Å². The molecule has 2 unspecified atom stereocenters. The normalized spacial score (nSPS) is 13.3. The summed E-state index contributed by atoms with van der Waals surface area (Å²) in [4.78, 5) is 0. The van der Waals surface area contributed by atoms with Crippen LogP contribution in [0.1, 0.15) is 22.3 Å². The lowest BCUT2D eigenvalue weighted by atomic mass is 9.80. The predicted octanol–water partition coefficient (Wildman–Crippen LogP) is 4.91. The number of aliphatic hydroxyl groups is 2. The van der Waals surface area contributed by atoms with Crippen molar-refractivity contribution < 1.29 is 24.4 Å². The molecule has 0 heterocycles. The summed E-state index contributed by atoms with van der Waals surface area (Å²) in [5.74, 6) is 0. The number of hydrogen-bond acceptors (Lipinski definition) is 5. The van der Waals surface area contributed by atoms with Gasteiger partial charge >= 0.3 is 0 Å². The molecule has 4 rings (SSSR count). The highest BCUT2D eigenvalue weighted by Crippen LogP contribution is 2.40. The number of benzene rings is 4. The Labute approximate surface area is 212 Å². The minimum Gasteiger partial charge on any atom is -0.391 e. The van der Waals surface area contributed by atoms with Gasteiger partial charge in [0.2, 0.25) is 0 Å². The van der Waals surface area contributed by atoms with Gasteiger partial charge in [-0.25, -0.2) is 0 Å². The van der Waals surface area contributed by atoms with Gasteiger partial charge in [-0.1, -0.05) is 121 Å². The largest absolute Gasteiger partial charge is 0.391 e. The van der Waals surface area contributed by atoms with Crippen LogP contribution in [0.5, 0.6) is 0 Å². The second-order valence-corrected chi connectivity index (χ2v) is 8.48. The van der Waals surface area contributed by atoms with Crippen molar-refractivity contribution in [3.63, 3.8) is 0 Å². The third-order valence-corrected chi connectivity index (χ3v) is 5.99. The van der Waals surface area contributed by atoms with Crippen LogP contribution in [-0.2, 0) is 26.4 Å². The number of aliphatic hydroxyl groups excluding tert-OH is 2. The van der Waals surface area contributed by atoms with Gasteiger partial charge in [0, 0.05) is 0 Å². The summed E-state index contributed by atoms with van der Waals surface area (Å²) in [5.41, 5.74) is 3.08. The summed E-state index contributed by atoms with van der Waals surface area (Å²) in [6, 6.07) is 40.2. The summed E-state index contributed by atoms with van der Waals surface area (Å²) < 4.78 is 18.5. The molecule has 4 aromatic rings. The third-order valence-electron chi connectivity index (χ3n) is 5.99. The molecule has 0 bridgehead atoms. The smallest absolute Gasteiger partial charge is 0.178 e. The first-order valence-corrected chi connectivity index (χ1v) is 12.1. The van der Waals surface area contributed by atoms with E-state index in [-0.39, 0.29) is 13.2 Å². The van der Waals surface area contributed by atoms with Crippen molar-refractivity contribution in [2.24, 2.45) is 0 Å². The summed E-state index contributed by atoms with van der Waals surface area (Å²) in [6.45, 7) is 0.114. The fraction of sp³-hybridized carbons (Fsp3) is 0.226. The third kappa shape index (κ3) is 6.46. The first-order chi connectivity index (χ1) is 17.7. The first-order valence-electron chi connectivity index (χ1n) is 12.1. The van der Waals surface area contributed by atoms with Crippen LogP contribution in [0, 0.1) is 0 Å². The molecule has 2 N–H and O–H groups in total. The number of hydrogen-bond donors (Lipinski definition) is 2. The average molecular weight is 485 g/mol. The summed E-state index contributed by atoms with van der Waals surface area (Å²) in [6.07, 6.45) is -1.78. The van der Waals surface area contributed by atoms with Crippen LogP contribution in [0.15, 0.2) is 121 Å². The quantitative estimate of drug-likeness (QED) is 0.209. The number of rotatable bonds is 13. The maximum atomic E-state index is 9.79. The molecule has 5 heteroatoms. The summed E-state index contributed by atoms with van der Waals surface area (Å²) in [5, 5.41) is 19.0. The Hall–Kier alpha value is -3.32. The maximum Gasteiger partial charge on any atom is 0.178 e. The van der Waals surface area contributed by atoms with Crippen LogP contribution in [0.25, 0.3) is 0 Å². The zero-order chi connectivity index (χ0) is 25.1. The molecule has 0 radical (unpaired) electrons. The molecule has 186 valence electrons. The van der Waals surface area contributed by atoms with Gasteiger partial charge in [-0.05, 0) is 22.3 Å². The SMILES string of the molecule is OCC(O)OCC(COC(c1ccccc1)(c1ccccc1)c1ccccc1)OCc1ccccc1. The Morgan fingerprint density at radius 2 is 1.03 bits per heavy atom. The highest BCUT2D eigenvalue weighted by atomic mass is 16.6. The molecule has 0 aliphatic heterocycles. The van der Waals surface area contributed by atoms with Gasteiger partial charge in [0.25, 0.3) is 0 Å². The molecule has 0 aromatic heterocycles. The molecule has 0 fully saturated rings. The minimum absolute atomic E-state index is 0.0585. The van der Waals surface area contributed by atoms with Gasteiger partial charge in [0.05, 0.1) is 26.4 Å². The summed E-state index contributed by atoms with van der Waals surface area (Å²) in [7, 11) is 0. The lowest BCUT2D eigenvalue weighted by Gasteiger charge is -2.37. The second kappa shape index (κ2) is 13.1. The molecule has 2 atom stereocenters. The fourth-order valence-corrected chi connectivity index (χ4v) is 4.19. The van der Waals surface area contributed by atoms with Gasteiger partial charge in [0.15, 0.2) is 6.29 Å². The van der Waals surface area contributed by atoms with Gasteiger partial charge in [-0.15, -0.1) is 0 Å². The van der Waals surface area contributed by atoms with Crippen LogP contribution >= 0.6 is 0 Å². The van der Waals surface area contributed by atoms with E-state index in [0.29, 0.717) is 6.61 Å². The van der Waals surface area contributed by atoms with E-state index < -0.39 is 24.6 Å². The molecule has 36 heavy (non-hydrogen) atoms. The first kappa shape index (κ1) is 25.8. The van der Waals surface area contributed by atoms with Gasteiger partial charge in [-0.2, -0.15) is 0 Å². The molecular weight excluding hydrogens is 452 g/mol. The van der Waals surface area contributed by atoms with E-state index in [9.17, 15) is 10.2 Å². The molecule has 0 aliphatic rings.